The predicted octanol–water partition coefficient (Wildman–Crippen LogP) is 2.93. The molecule has 3 aromatic rings. The number of rotatable bonds is 4. The number of anilines is 1. The third-order valence-corrected chi connectivity index (χ3v) is 3.64. The Kier molecular flexibility index (Phi) is 4.70. The fourth-order valence-corrected chi connectivity index (χ4v) is 2.39. The molecule has 0 aliphatic heterocycles. The second kappa shape index (κ2) is 7.10. The van der Waals surface area contributed by atoms with E-state index in [-0.39, 0.29) is 23.5 Å². The molecule has 132 valence electrons. The van der Waals surface area contributed by atoms with Gasteiger partial charge in [0, 0.05) is 11.1 Å². The molecule has 0 spiro atoms. The Balaban J connectivity index is 1.84. The van der Waals surface area contributed by atoms with Crippen LogP contribution in [0.25, 0.3) is 11.0 Å². The number of nitrogens with one attached hydrogen (secondary N) is 1. The predicted molar refractivity (Wildman–Crippen MR) is 94.5 cm³/mol. The molecular weight excluding hydrogens is 338 g/mol. The smallest absolute Gasteiger partial charge is 0.349 e. The summed E-state index contributed by atoms with van der Waals surface area (Å²) in [7, 11) is 0. The van der Waals surface area contributed by atoms with Crippen LogP contribution in [0.5, 0.6) is 5.75 Å². The van der Waals surface area contributed by atoms with Gasteiger partial charge >= 0.3 is 11.6 Å². The van der Waals surface area contributed by atoms with Crippen molar-refractivity contribution in [3.05, 3.63) is 70.1 Å². The summed E-state index contributed by atoms with van der Waals surface area (Å²) in [6.45, 7) is 1.98. The number of carbonyl (C=O) groups excluding carboxylic acids is 2. The van der Waals surface area contributed by atoms with Gasteiger partial charge in [-0.3, -0.25) is 4.79 Å². The molecule has 0 unspecified atom stereocenters. The zero-order valence-electron chi connectivity index (χ0n) is 13.8. The number of para-hydroxylation sites is 1. The van der Waals surface area contributed by atoms with Crippen LogP contribution in [0.2, 0.25) is 0 Å². The number of aromatic hydroxyl groups is 1. The van der Waals surface area contributed by atoms with Gasteiger partial charge in [-0.2, -0.15) is 0 Å². The monoisotopic (exact) mass is 353 g/mol. The summed E-state index contributed by atoms with van der Waals surface area (Å²) in [5, 5.41) is 12.7. The van der Waals surface area contributed by atoms with Crippen LogP contribution in [0.15, 0.2) is 57.7 Å². The summed E-state index contributed by atoms with van der Waals surface area (Å²) in [6.07, 6.45) is 0. The SMILES string of the molecule is CCOC(=O)c1ccc(NC(=O)c2cc3cccc(O)c3oc2=O)cc1. The highest BCUT2D eigenvalue weighted by Crippen LogP contribution is 2.23. The molecule has 7 nitrogen and oxygen atoms in total. The van der Waals surface area contributed by atoms with Gasteiger partial charge in [-0.15, -0.1) is 0 Å². The van der Waals surface area contributed by atoms with Gasteiger partial charge < -0.3 is 19.6 Å². The Hall–Kier alpha value is -3.61. The summed E-state index contributed by atoms with van der Waals surface area (Å²) >= 11 is 0. The van der Waals surface area contributed by atoms with Gasteiger partial charge in [-0.05, 0) is 43.3 Å². The quantitative estimate of drug-likeness (QED) is 0.552. The van der Waals surface area contributed by atoms with Crippen molar-refractivity contribution in [1.82, 2.24) is 0 Å². The van der Waals surface area contributed by atoms with E-state index in [4.69, 9.17) is 9.15 Å². The number of esters is 1. The molecule has 0 saturated carbocycles. The Morgan fingerprint density at radius 2 is 1.88 bits per heavy atom. The largest absolute Gasteiger partial charge is 0.504 e. The molecule has 1 amide bonds. The molecule has 26 heavy (non-hydrogen) atoms. The molecule has 0 atom stereocenters. The van der Waals surface area contributed by atoms with E-state index in [1.807, 2.05) is 0 Å². The number of benzene rings is 2. The summed E-state index contributed by atoms with van der Waals surface area (Å²) in [6, 6.07) is 12.0. The first kappa shape index (κ1) is 17.2. The molecule has 3 rings (SSSR count). The lowest BCUT2D eigenvalue weighted by Gasteiger charge is -2.07. The number of fused-ring (bicyclic) bond motifs is 1. The third-order valence-electron chi connectivity index (χ3n) is 3.64. The third kappa shape index (κ3) is 3.41. The average molecular weight is 353 g/mol. The number of phenols is 1. The molecule has 0 bridgehead atoms. The fourth-order valence-electron chi connectivity index (χ4n) is 2.39. The van der Waals surface area contributed by atoms with Crippen molar-refractivity contribution in [2.45, 2.75) is 6.92 Å². The van der Waals surface area contributed by atoms with E-state index >= 15 is 0 Å². The molecule has 1 heterocycles. The minimum Gasteiger partial charge on any atom is -0.504 e. The molecule has 0 saturated heterocycles. The summed E-state index contributed by atoms with van der Waals surface area (Å²) in [4.78, 5) is 36.0. The lowest BCUT2D eigenvalue weighted by molar-refractivity contribution is 0.0526. The van der Waals surface area contributed by atoms with Crippen molar-refractivity contribution in [3.8, 4) is 5.75 Å². The Morgan fingerprint density at radius 1 is 1.15 bits per heavy atom. The fraction of sp³-hybridized carbons (Fsp3) is 0.105. The van der Waals surface area contributed by atoms with Crippen molar-refractivity contribution < 1.29 is 23.8 Å². The van der Waals surface area contributed by atoms with Crippen molar-refractivity contribution in [2.75, 3.05) is 11.9 Å². The number of amides is 1. The summed E-state index contributed by atoms with van der Waals surface area (Å²) in [5.74, 6) is -1.30. The second-order valence-electron chi connectivity index (χ2n) is 5.39. The average Bonchev–Trinajstić information content (AvgIpc) is 2.63. The van der Waals surface area contributed by atoms with Gasteiger partial charge in [0.25, 0.3) is 5.91 Å². The van der Waals surface area contributed by atoms with E-state index in [0.29, 0.717) is 16.6 Å². The van der Waals surface area contributed by atoms with Crippen LogP contribution in [0.1, 0.15) is 27.6 Å². The van der Waals surface area contributed by atoms with Crippen LogP contribution in [0.4, 0.5) is 5.69 Å². The van der Waals surface area contributed by atoms with Crippen LogP contribution in [0.3, 0.4) is 0 Å². The summed E-state index contributed by atoms with van der Waals surface area (Å²) < 4.78 is 9.92. The van der Waals surface area contributed by atoms with Crippen LogP contribution in [-0.2, 0) is 4.74 Å². The van der Waals surface area contributed by atoms with Crippen LogP contribution >= 0.6 is 0 Å². The second-order valence-corrected chi connectivity index (χ2v) is 5.39. The van der Waals surface area contributed by atoms with Crippen LogP contribution < -0.4 is 10.9 Å². The first-order chi connectivity index (χ1) is 12.5. The highest BCUT2D eigenvalue weighted by Gasteiger charge is 2.15. The Bertz CT molecular complexity index is 1040. The molecule has 0 fully saturated rings. The topological polar surface area (TPSA) is 106 Å². The molecule has 0 aliphatic carbocycles. The Morgan fingerprint density at radius 3 is 2.58 bits per heavy atom. The maximum absolute atomic E-state index is 12.4. The lowest BCUT2D eigenvalue weighted by Crippen LogP contribution is -2.20. The van der Waals surface area contributed by atoms with Gasteiger partial charge in [0.2, 0.25) is 0 Å². The van der Waals surface area contributed by atoms with Gasteiger partial charge in [-0.1, -0.05) is 12.1 Å². The first-order valence-electron chi connectivity index (χ1n) is 7.84. The van der Waals surface area contributed by atoms with Gasteiger partial charge in [-0.25, -0.2) is 9.59 Å². The number of hydrogen-bond acceptors (Lipinski definition) is 6. The number of hydrogen-bond donors (Lipinski definition) is 2. The van der Waals surface area contributed by atoms with Crippen LogP contribution in [0, 0.1) is 0 Å². The van der Waals surface area contributed by atoms with Crippen molar-refractivity contribution >= 4 is 28.5 Å². The summed E-state index contributed by atoms with van der Waals surface area (Å²) in [5.41, 5.74) is -0.283. The standard InChI is InChI=1S/C19H15NO6/c1-2-25-18(23)11-6-8-13(9-7-11)20-17(22)14-10-12-4-3-5-15(21)16(12)26-19(14)24/h3-10,21H,2H2,1H3,(H,20,22). The van der Waals surface area contributed by atoms with E-state index in [1.165, 1.54) is 36.4 Å². The van der Waals surface area contributed by atoms with Crippen molar-refractivity contribution in [2.24, 2.45) is 0 Å². The van der Waals surface area contributed by atoms with E-state index in [9.17, 15) is 19.5 Å². The normalized spacial score (nSPS) is 10.5. The van der Waals surface area contributed by atoms with Gasteiger partial charge in [0.15, 0.2) is 11.3 Å². The van der Waals surface area contributed by atoms with Gasteiger partial charge in [0.1, 0.15) is 5.56 Å². The lowest BCUT2D eigenvalue weighted by atomic mass is 10.1. The molecule has 0 aliphatic rings. The highest BCUT2D eigenvalue weighted by atomic mass is 16.5. The van der Waals surface area contributed by atoms with E-state index in [1.54, 1.807) is 19.1 Å². The van der Waals surface area contributed by atoms with Crippen molar-refractivity contribution in [1.29, 1.82) is 0 Å². The molecule has 7 heteroatoms. The van der Waals surface area contributed by atoms with Crippen molar-refractivity contribution in [3.63, 3.8) is 0 Å². The highest BCUT2D eigenvalue weighted by molar-refractivity contribution is 6.05. The zero-order valence-corrected chi connectivity index (χ0v) is 13.8. The van der Waals surface area contributed by atoms with Crippen LogP contribution in [-0.4, -0.2) is 23.6 Å². The molecule has 2 aromatic carbocycles. The minimum absolute atomic E-state index is 0.0211. The maximum atomic E-state index is 12.4. The molecule has 0 radical (unpaired) electrons. The molecule has 1 aromatic heterocycles. The molecular formula is C19H15NO6. The maximum Gasteiger partial charge on any atom is 0.349 e. The van der Waals surface area contributed by atoms with Gasteiger partial charge in [0.05, 0.1) is 12.2 Å². The minimum atomic E-state index is -0.861. The molecule has 2 N–H and O–H groups in total. The number of phenolic OH excluding ortho intramolecular Hbond substituents is 1. The van der Waals surface area contributed by atoms with E-state index in [0.717, 1.165) is 0 Å². The number of ether oxygens (including phenoxy) is 1. The Labute approximate surface area is 147 Å². The zero-order chi connectivity index (χ0) is 18.7. The number of carbonyl (C=O) groups is 2. The van der Waals surface area contributed by atoms with E-state index < -0.39 is 17.5 Å². The first-order valence-corrected chi connectivity index (χ1v) is 7.84. The van der Waals surface area contributed by atoms with E-state index in [2.05, 4.69) is 5.32 Å².